The number of carbonyl (C=O) groups is 1. The van der Waals surface area contributed by atoms with Crippen LogP contribution in [0, 0.1) is 13.8 Å². The highest BCUT2D eigenvalue weighted by molar-refractivity contribution is 5.76. The molecule has 3 heterocycles. The highest BCUT2D eigenvalue weighted by atomic mass is 16.5. The number of hydrogen-bond donors (Lipinski definition) is 0. The molecule has 26 heavy (non-hydrogen) atoms. The second-order valence-electron chi connectivity index (χ2n) is 6.68. The smallest absolute Gasteiger partial charge is 0.348 e. The van der Waals surface area contributed by atoms with Crippen LogP contribution in [0.1, 0.15) is 29.8 Å². The van der Waals surface area contributed by atoms with Gasteiger partial charge in [0.2, 0.25) is 5.91 Å². The van der Waals surface area contributed by atoms with Crippen LogP contribution in [0.3, 0.4) is 0 Å². The molecule has 138 valence electrons. The highest BCUT2D eigenvalue weighted by Crippen LogP contribution is 2.15. The van der Waals surface area contributed by atoms with E-state index < -0.39 is 0 Å². The fourth-order valence-electron chi connectivity index (χ4n) is 3.20. The number of aryl methyl sites for hydroxylation is 2. The maximum atomic E-state index is 12.6. The first-order valence-corrected chi connectivity index (χ1v) is 8.86. The quantitative estimate of drug-likeness (QED) is 0.811. The zero-order valence-electron chi connectivity index (χ0n) is 15.2. The van der Waals surface area contributed by atoms with E-state index in [1.165, 1.54) is 4.57 Å². The molecule has 0 spiro atoms. The first kappa shape index (κ1) is 18.3. The number of hydrogen-bond acceptors (Lipinski definition) is 5. The second kappa shape index (κ2) is 8.23. The van der Waals surface area contributed by atoms with Crippen molar-refractivity contribution in [2.45, 2.75) is 45.9 Å². The van der Waals surface area contributed by atoms with E-state index >= 15 is 0 Å². The van der Waals surface area contributed by atoms with Gasteiger partial charge in [0.05, 0.1) is 12.7 Å². The fraction of sp³-hybridized carbons (Fsp3) is 0.474. The summed E-state index contributed by atoms with van der Waals surface area (Å²) >= 11 is 0. The number of pyridine rings is 1. The summed E-state index contributed by atoms with van der Waals surface area (Å²) in [5, 5.41) is 0. The third kappa shape index (κ3) is 4.54. The third-order valence-corrected chi connectivity index (χ3v) is 4.58. The Balaban J connectivity index is 1.59. The van der Waals surface area contributed by atoms with Crippen molar-refractivity contribution in [2.75, 3.05) is 13.1 Å². The number of nitrogens with zero attached hydrogens (tertiary/aromatic N) is 4. The Labute approximate surface area is 152 Å². The lowest BCUT2D eigenvalue weighted by Crippen LogP contribution is -2.45. The van der Waals surface area contributed by atoms with Gasteiger partial charge in [-0.3, -0.25) is 14.3 Å². The van der Waals surface area contributed by atoms with E-state index in [1.807, 2.05) is 25.1 Å². The van der Waals surface area contributed by atoms with Gasteiger partial charge in [-0.15, -0.1) is 0 Å². The van der Waals surface area contributed by atoms with E-state index in [0.717, 1.165) is 24.1 Å². The average Bonchev–Trinajstić information content (AvgIpc) is 2.64. The average molecular weight is 356 g/mol. The van der Waals surface area contributed by atoms with Crippen LogP contribution in [0.2, 0.25) is 0 Å². The Bertz CT molecular complexity index is 819. The van der Waals surface area contributed by atoms with Gasteiger partial charge in [0.1, 0.15) is 6.54 Å². The predicted octanol–water partition coefficient (Wildman–Crippen LogP) is 1.46. The number of carbonyl (C=O) groups excluding carboxylic acids is 1. The molecule has 2 aromatic heterocycles. The third-order valence-electron chi connectivity index (χ3n) is 4.58. The van der Waals surface area contributed by atoms with Gasteiger partial charge >= 0.3 is 5.69 Å². The summed E-state index contributed by atoms with van der Waals surface area (Å²) in [7, 11) is 0. The Kier molecular flexibility index (Phi) is 5.78. The summed E-state index contributed by atoms with van der Waals surface area (Å²) in [5.41, 5.74) is 2.05. The van der Waals surface area contributed by atoms with Crippen LogP contribution in [-0.4, -0.2) is 44.5 Å². The lowest BCUT2D eigenvalue weighted by molar-refractivity contribution is -0.136. The Morgan fingerprint density at radius 1 is 1.38 bits per heavy atom. The van der Waals surface area contributed by atoms with Crippen LogP contribution in [0.5, 0.6) is 0 Å². The summed E-state index contributed by atoms with van der Waals surface area (Å²) in [4.78, 5) is 34.5. The number of amides is 1. The van der Waals surface area contributed by atoms with Gasteiger partial charge in [-0.25, -0.2) is 4.79 Å². The van der Waals surface area contributed by atoms with Crippen LogP contribution >= 0.6 is 0 Å². The summed E-state index contributed by atoms with van der Waals surface area (Å²) in [5.74, 6) is -0.0736. The topological polar surface area (TPSA) is 77.3 Å². The predicted molar refractivity (Wildman–Crippen MR) is 96.6 cm³/mol. The van der Waals surface area contributed by atoms with Gasteiger partial charge in [0, 0.05) is 36.9 Å². The number of aromatic nitrogens is 3. The summed E-state index contributed by atoms with van der Waals surface area (Å²) < 4.78 is 7.37. The van der Waals surface area contributed by atoms with E-state index in [1.54, 1.807) is 24.2 Å². The minimum atomic E-state index is -0.378. The van der Waals surface area contributed by atoms with E-state index in [2.05, 4.69) is 9.97 Å². The molecule has 1 amide bonds. The van der Waals surface area contributed by atoms with Crippen LogP contribution in [0.15, 0.2) is 35.4 Å². The molecule has 1 atom stereocenters. The molecule has 1 aliphatic heterocycles. The second-order valence-corrected chi connectivity index (χ2v) is 6.68. The monoisotopic (exact) mass is 356 g/mol. The molecule has 0 aliphatic carbocycles. The first-order valence-electron chi connectivity index (χ1n) is 8.86. The van der Waals surface area contributed by atoms with Gasteiger partial charge in [-0.1, -0.05) is 6.07 Å². The largest absolute Gasteiger partial charge is 0.372 e. The Morgan fingerprint density at radius 3 is 2.96 bits per heavy atom. The molecule has 1 unspecified atom stereocenters. The number of likely N-dealkylation sites (tertiary alicyclic amines) is 1. The number of piperidine rings is 1. The standard InChI is InChI=1S/C19H24N4O3/c1-14-9-15(2)23(19(25)21-14)12-18(24)22-8-4-6-17(11-22)26-13-16-5-3-7-20-10-16/h3,5,7,9-10,17H,4,6,8,11-13H2,1-2H3. The van der Waals surface area contributed by atoms with Crippen molar-refractivity contribution in [3.63, 3.8) is 0 Å². The van der Waals surface area contributed by atoms with Gasteiger partial charge < -0.3 is 9.64 Å². The minimum Gasteiger partial charge on any atom is -0.372 e. The van der Waals surface area contributed by atoms with Crippen molar-refractivity contribution in [2.24, 2.45) is 0 Å². The van der Waals surface area contributed by atoms with Gasteiger partial charge in [0.25, 0.3) is 0 Å². The maximum absolute atomic E-state index is 12.6. The van der Waals surface area contributed by atoms with Crippen LogP contribution in [0.25, 0.3) is 0 Å². The zero-order valence-corrected chi connectivity index (χ0v) is 15.2. The summed E-state index contributed by atoms with van der Waals surface area (Å²) in [6.07, 6.45) is 5.33. The number of ether oxygens (including phenoxy) is 1. The van der Waals surface area contributed by atoms with E-state index in [4.69, 9.17) is 4.74 Å². The lowest BCUT2D eigenvalue weighted by Gasteiger charge is -2.33. The van der Waals surface area contributed by atoms with E-state index in [9.17, 15) is 9.59 Å². The van der Waals surface area contributed by atoms with Crippen molar-refractivity contribution in [1.82, 2.24) is 19.4 Å². The SMILES string of the molecule is Cc1cc(C)n(CC(=O)N2CCCC(OCc3cccnc3)C2)c(=O)n1. The molecule has 0 bridgehead atoms. The Hall–Kier alpha value is -2.54. The minimum absolute atomic E-state index is 0.00173. The van der Waals surface area contributed by atoms with E-state index in [0.29, 0.717) is 25.4 Å². The fourth-order valence-corrected chi connectivity index (χ4v) is 3.20. The van der Waals surface area contributed by atoms with Crippen molar-refractivity contribution in [1.29, 1.82) is 0 Å². The molecule has 0 radical (unpaired) electrons. The molecule has 1 saturated heterocycles. The first-order chi connectivity index (χ1) is 12.5. The van der Waals surface area contributed by atoms with E-state index in [-0.39, 0.29) is 24.2 Å². The molecule has 2 aromatic rings. The van der Waals surface area contributed by atoms with Crippen molar-refractivity contribution >= 4 is 5.91 Å². The molecular formula is C19H24N4O3. The maximum Gasteiger partial charge on any atom is 0.348 e. The lowest BCUT2D eigenvalue weighted by atomic mass is 10.1. The van der Waals surface area contributed by atoms with Crippen LogP contribution < -0.4 is 5.69 Å². The van der Waals surface area contributed by atoms with Gasteiger partial charge in [0.15, 0.2) is 0 Å². The molecule has 1 fully saturated rings. The molecule has 3 rings (SSSR count). The van der Waals surface area contributed by atoms with Crippen LogP contribution in [0.4, 0.5) is 0 Å². The normalized spacial score (nSPS) is 17.3. The molecule has 1 aliphatic rings. The van der Waals surface area contributed by atoms with Crippen LogP contribution in [-0.2, 0) is 22.7 Å². The Morgan fingerprint density at radius 2 is 2.23 bits per heavy atom. The molecule has 0 aromatic carbocycles. The molecule has 0 N–H and O–H groups in total. The van der Waals surface area contributed by atoms with Crippen molar-refractivity contribution in [3.05, 3.63) is 58.0 Å². The summed E-state index contributed by atoms with van der Waals surface area (Å²) in [6, 6.07) is 5.66. The molecule has 7 heteroatoms. The van der Waals surface area contributed by atoms with Crippen molar-refractivity contribution in [3.8, 4) is 0 Å². The molecular weight excluding hydrogens is 332 g/mol. The summed E-state index contributed by atoms with van der Waals surface area (Å²) in [6.45, 7) is 5.34. The van der Waals surface area contributed by atoms with Gasteiger partial charge in [-0.2, -0.15) is 4.98 Å². The zero-order chi connectivity index (χ0) is 18.5. The number of rotatable bonds is 5. The highest BCUT2D eigenvalue weighted by Gasteiger charge is 2.25. The van der Waals surface area contributed by atoms with Gasteiger partial charge in [-0.05, 0) is 44.4 Å². The van der Waals surface area contributed by atoms with Crippen molar-refractivity contribution < 1.29 is 9.53 Å². The molecule has 7 nitrogen and oxygen atoms in total. The molecule has 0 saturated carbocycles.